The van der Waals surface area contributed by atoms with Crippen molar-refractivity contribution in [3.05, 3.63) is 23.9 Å². The monoisotopic (exact) mass is 290 g/mol. The van der Waals surface area contributed by atoms with Gasteiger partial charge in [-0.1, -0.05) is 39.2 Å². The fourth-order valence-corrected chi connectivity index (χ4v) is 3.57. The average Bonchev–Trinajstić information content (AvgIpc) is 2.56. The van der Waals surface area contributed by atoms with Crippen LogP contribution >= 0.6 is 0 Å². The number of aromatic nitrogens is 1. The van der Waals surface area contributed by atoms with Crippen molar-refractivity contribution in [3.63, 3.8) is 0 Å². The Morgan fingerprint density at radius 1 is 1.29 bits per heavy atom. The van der Waals surface area contributed by atoms with Crippen molar-refractivity contribution in [1.29, 1.82) is 0 Å². The molecule has 0 aromatic carbocycles. The first kappa shape index (κ1) is 16.3. The predicted molar refractivity (Wildman–Crippen MR) is 87.6 cm³/mol. The molecule has 1 fully saturated rings. The second kappa shape index (κ2) is 8.38. The molecule has 0 aliphatic heterocycles. The lowest BCUT2D eigenvalue weighted by atomic mass is 9.76. The summed E-state index contributed by atoms with van der Waals surface area (Å²) < 4.78 is 5.49. The number of hydrogen-bond donors (Lipinski definition) is 1. The molecule has 3 nitrogen and oxygen atoms in total. The molecule has 1 unspecified atom stereocenters. The SMILES string of the molecule is CCCNC(c1cccnc1OC)C1CCC(CC)CC1. The third-order valence-electron chi connectivity index (χ3n) is 4.88. The van der Waals surface area contributed by atoms with E-state index in [0.29, 0.717) is 12.0 Å². The van der Waals surface area contributed by atoms with E-state index in [1.165, 1.54) is 37.7 Å². The molecule has 1 aromatic rings. The number of hydrogen-bond acceptors (Lipinski definition) is 3. The Morgan fingerprint density at radius 2 is 2.05 bits per heavy atom. The Bertz CT molecular complexity index is 413. The highest BCUT2D eigenvalue weighted by molar-refractivity contribution is 5.29. The van der Waals surface area contributed by atoms with E-state index in [4.69, 9.17) is 4.74 Å². The largest absolute Gasteiger partial charge is 0.481 e. The summed E-state index contributed by atoms with van der Waals surface area (Å²) in [6, 6.07) is 4.58. The zero-order chi connectivity index (χ0) is 15.1. The number of pyridine rings is 1. The van der Waals surface area contributed by atoms with Crippen molar-refractivity contribution >= 4 is 0 Å². The third kappa shape index (κ3) is 4.19. The highest BCUT2D eigenvalue weighted by Gasteiger charge is 2.29. The Kier molecular flexibility index (Phi) is 6.50. The number of nitrogens with one attached hydrogen (secondary N) is 1. The van der Waals surface area contributed by atoms with Gasteiger partial charge in [-0.2, -0.15) is 0 Å². The van der Waals surface area contributed by atoms with Gasteiger partial charge < -0.3 is 10.1 Å². The lowest BCUT2D eigenvalue weighted by molar-refractivity contribution is 0.215. The van der Waals surface area contributed by atoms with E-state index in [9.17, 15) is 0 Å². The maximum atomic E-state index is 5.49. The van der Waals surface area contributed by atoms with E-state index in [1.54, 1.807) is 7.11 Å². The summed E-state index contributed by atoms with van der Waals surface area (Å²) in [6.45, 7) is 5.59. The number of ether oxygens (including phenoxy) is 1. The molecule has 1 saturated carbocycles. The maximum Gasteiger partial charge on any atom is 0.217 e. The van der Waals surface area contributed by atoms with Gasteiger partial charge in [0.1, 0.15) is 0 Å². The average molecular weight is 290 g/mol. The fourth-order valence-electron chi connectivity index (χ4n) is 3.57. The molecule has 0 spiro atoms. The molecule has 1 atom stereocenters. The standard InChI is InChI=1S/C18H30N2O/c1-4-12-19-17(15-10-8-14(5-2)9-11-15)16-7-6-13-20-18(16)21-3/h6-7,13-15,17,19H,4-5,8-12H2,1-3H3. The van der Waals surface area contributed by atoms with E-state index < -0.39 is 0 Å². The Morgan fingerprint density at radius 3 is 2.67 bits per heavy atom. The van der Waals surface area contributed by atoms with Gasteiger partial charge in [0.15, 0.2) is 0 Å². The van der Waals surface area contributed by atoms with E-state index in [-0.39, 0.29) is 0 Å². The zero-order valence-corrected chi connectivity index (χ0v) is 13.8. The van der Waals surface area contributed by atoms with Crippen molar-refractivity contribution < 1.29 is 4.74 Å². The van der Waals surface area contributed by atoms with Crippen molar-refractivity contribution in [1.82, 2.24) is 10.3 Å². The van der Waals surface area contributed by atoms with Gasteiger partial charge in [0.05, 0.1) is 7.11 Å². The van der Waals surface area contributed by atoms with Gasteiger partial charge >= 0.3 is 0 Å². The van der Waals surface area contributed by atoms with Crippen molar-refractivity contribution in [2.45, 2.75) is 58.4 Å². The molecule has 0 bridgehead atoms. The van der Waals surface area contributed by atoms with Gasteiger partial charge in [-0.05, 0) is 43.7 Å². The van der Waals surface area contributed by atoms with Crippen molar-refractivity contribution in [2.24, 2.45) is 11.8 Å². The van der Waals surface area contributed by atoms with E-state index in [0.717, 1.165) is 24.8 Å². The lowest BCUT2D eigenvalue weighted by Gasteiger charge is -2.34. The van der Waals surface area contributed by atoms with Crippen LogP contribution in [0, 0.1) is 11.8 Å². The van der Waals surface area contributed by atoms with E-state index in [1.807, 2.05) is 12.3 Å². The molecule has 2 rings (SSSR count). The van der Waals surface area contributed by atoms with Gasteiger partial charge in [-0.3, -0.25) is 0 Å². The lowest BCUT2D eigenvalue weighted by Crippen LogP contribution is -2.32. The van der Waals surface area contributed by atoms with Crippen LogP contribution in [0.3, 0.4) is 0 Å². The highest BCUT2D eigenvalue weighted by Crippen LogP contribution is 2.39. The minimum atomic E-state index is 0.381. The first-order chi connectivity index (χ1) is 10.3. The molecule has 21 heavy (non-hydrogen) atoms. The minimum absolute atomic E-state index is 0.381. The first-order valence-electron chi connectivity index (χ1n) is 8.52. The first-order valence-corrected chi connectivity index (χ1v) is 8.52. The van der Waals surface area contributed by atoms with Crippen LogP contribution < -0.4 is 10.1 Å². The molecular weight excluding hydrogens is 260 g/mol. The summed E-state index contributed by atoms with van der Waals surface area (Å²) in [5, 5.41) is 3.74. The van der Waals surface area contributed by atoms with Gasteiger partial charge in [-0.25, -0.2) is 4.98 Å². The highest BCUT2D eigenvalue weighted by atomic mass is 16.5. The maximum absolute atomic E-state index is 5.49. The molecule has 0 radical (unpaired) electrons. The molecule has 1 aromatic heterocycles. The molecule has 1 heterocycles. The Hall–Kier alpha value is -1.09. The molecule has 1 N–H and O–H groups in total. The Balaban J connectivity index is 2.14. The van der Waals surface area contributed by atoms with Crippen molar-refractivity contribution in [2.75, 3.05) is 13.7 Å². The smallest absolute Gasteiger partial charge is 0.217 e. The van der Waals surface area contributed by atoms with Crippen LogP contribution in [-0.2, 0) is 0 Å². The number of rotatable bonds is 7. The number of nitrogens with zero attached hydrogens (tertiary/aromatic N) is 1. The molecule has 0 amide bonds. The van der Waals surface area contributed by atoms with Gasteiger partial charge in [0.2, 0.25) is 5.88 Å². The summed E-state index contributed by atoms with van der Waals surface area (Å²) in [4.78, 5) is 4.39. The predicted octanol–water partition coefficient (Wildman–Crippen LogP) is 4.35. The molecule has 118 valence electrons. The quantitative estimate of drug-likeness (QED) is 0.810. The van der Waals surface area contributed by atoms with Crippen LogP contribution in [0.4, 0.5) is 0 Å². The van der Waals surface area contributed by atoms with Gasteiger partial charge in [0, 0.05) is 17.8 Å². The van der Waals surface area contributed by atoms with Crippen molar-refractivity contribution in [3.8, 4) is 5.88 Å². The van der Waals surface area contributed by atoms with Crippen LogP contribution in [0.5, 0.6) is 5.88 Å². The molecule has 3 heteroatoms. The summed E-state index contributed by atoms with van der Waals surface area (Å²) in [5.41, 5.74) is 1.23. The van der Waals surface area contributed by atoms with Crippen LogP contribution in [0.25, 0.3) is 0 Å². The van der Waals surface area contributed by atoms with Crippen LogP contribution in [0.1, 0.15) is 64.0 Å². The molecule has 0 saturated heterocycles. The second-order valence-electron chi connectivity index (χ2n) is 6.22. The third-order valence-corrected chi connectivity index (χ3v) is 4.88. The second-order valence-corrected chi connectivity index (χ2v) is 6.22. The fraction of sp³-hybridized carbons (Fsp3) is 0.722. The normalized spacial score (nSPS) is 23.8. The van der Waals surface area contributed by atoms with E-state index >= 15 is 0 Å². The summed E-state index contributed by atoms with van der Waals surface area (Å²) in [5.74, 6) is 2.42. The van der Waals surface area contributed by atoms with Gasteiger partial charge in [-0.15, -0.1) is 0 Å². The topological polar surface area (TPSA) is 34.2 Å². The summed E-state index contributed by atoms with van der Waals surface area (Å²) in [7, 11) is 1.72. The molecule has 1 aliphatic carbocycles. The van der Waals surface area contributed by atoms with Crippen LogP contribution in [0.2, 0.25) is 0 Å². The zero-order valence-electron chi connectivity index (χ0n) is 13.8. The van der Waals surface area contributed by atoms with Gasteiger partial charge in [0.25, 0.3) is 0 Å². The molecule has 1 aliphatic rings. The minimum Gasteiger partial charge on any atom is -0.481 e. The van der Waals surface area contributed by atoms with Crippen LogP contribution in [0.15, 0.2) is 18.3 Å². The Labute approximate surface area is 129 Å². The molecular formula is C18H30N2O. The summed E-state index contributed by atoms with van der Waals surface area (Å²) >= 11 is 0. The summed E-state index contributed by atoms with van der Waals surface area (Å²) in [6.07, 6.45) is 9.67. The van der Waals surface area contributed by atoms with Crippen LogP contribution in [-0.4, -0.2) is 18.6 Å². The van der Waals surface area contributed by atoms with E-state index in [2.05, 4.69) is 30.2 Å². The number of methoxy groups -OCH3 is 1.